The molecule has 0 saturated carbocycles. The van der Waals surface area contributed by atoms with Crippen molar-refractivity contribution in [3.05, 3.63) is 71.5 Å². The van der Waals surface area contributed by atoms with E-state index in [1.54, 1.807) is 28.9 Å². The van der Waals surface area contributed by atoms with Gasteiger partial charge in [0.25, 0.3) is 0 Å². The quantitative estimate of drug-likeness (QED) is 0.670. The molecule has 0 unspecified atom stereocenters. The Morgan fingerprint density at radius 2 is 1.97 bits per heavy atom. The van der Waals surface area contributed by atoms with Crippen LogP contribution >= 0.6 is 11.6 Å². The lowest BCUT2D eigenvalue weighted by Gasteiger charge is -2.31. The number of rotatable bonds is 5. The van der Waals surface area contributed by atoms with Crippen LogP contribution in [0.15, 0.2) is 60.9 Å². The van der Waals surface area contributed by atoms with Crippen molar-refractivity contribution >= 4 is 29.0 Å². The number of halogens is 1. The number of nitrogens with one attached hydrogen (secondary N) is 1. The van der Waals surface area contributed by atoms with Crippen LogP contribution < -0.4 is 10.2 Å². The predicted octanol–water partition coefficient (Wildman–Crippen LogP) is 4.03. The summed E-state index contributed by atoms with van der Waals surface area (Å²) < 4.78 is 7.23. The van der Waals surface area contributed by atoms with Gasteiger partial charge in [-0.05, 0) is 30.3 Å². The topological polar surface area (TPSA) is 62.6 Å². The van der Waals surface area contributed by atoms with E-state index in [2.05, 4.69) is 15.3 Å². The third kappa shape index (κ3) is 4.75. The highest BCUT2D eigenvalue weighted by Crippen LogP contribution is 2.30. The Kier molecular flexibility index (Phi) is 6.21. The van der Waals surface area contributed by atoms with Crippen molar-refractivity contribution in [1.82, 2.24) is 14.7 Å². The molecular weight excluding hydrogens is 402 g/mol. The molecular formula is C22H24ClN5O2. The monoisotopic (exact) mass is 425 g/mol. The van der Waals surface area contributed by atoms with Crippen molar-refractivity contribution in [3.63, 3.8) is 0 Å². The molecule has 3 aromatic rings. The number of nitrogens with zero attached hydrogens (tertiary/aromatic N) is 4. The first-order chi connectivity index (χ1) is 14.6. The number of morpholine rings is 1. The molecule has 1 aliphatic heterocycles. The van der Waals surface area contributed by atoms with Crippen molar-refractivity contribution < 1.29 is 9.53 Å². The Hall–Kier alpha value is -3.03. The van der Waals surface area contributed by atoms with Crippen LogP contribution in [0.5, 0.6) is 0 Å². The molecule has 1 aliphatic rings. The number of carbonyl (C=O) groups excluding carboxylic acids is 1. The van der Waals surface area contributed by atoms with Crippen LogP contribution in [0.2, 0.25) is 5.02 Å². The molecule has 2 aromatic carbocycles. The summed E-state index contributed by atoms with van der Waals surface area (Å²) in [6.45, 7) is 3.33. The predicted molar refractivity (Wildman–Crippen MR) is 119 cm³/mol. The number of amides is 2. The fourth-order valence-electron chi connectivity index (χ4n) is 3.41. The van der Waals surface area contributed by atoms with Crippen LogP contribution in [0.25, 0.3) is 5.69 Å². The van der Waals surface area contributed by atoms with Gasteiger partial charge in [-0.2, -0.15) is 5.10 Å². The molecule has 156 valence electrons. The lowest BCUT2D eigenvalue weighted by atomic mass is 10.2. The number of hydrogen-bond acceptors (Lipinski definition) is 4. The first-order valence-corrected chi connectivity index (χ1v) is 10.2. The second kappa shape index (κ2) is 9.19. The molecule has 1 saturated heterocycles. The SMILES string of the molecule is CN(Cc1cnn(-c2ccccc2)c1)C(=O)Nc1cc(Cl)ccc1N1CCOCC1. The first kappa shape index (κ1) is 20.3. The second-order valence-electron chi connectivity index (χ2n) is 7.18. The maximum absolute atomic E-state index is 12.8. The van der Waals surface area contributed by atoms with Gasteiger partial charge in [0.1, 0.15) is 0 Å². The zero-order chi connectivity index (χ0) is 20.9. The van der Waals surface area contributed by atoms with Crippen LogP contribution in [-0.4, -0.2) is 54.1 Å². The number of aromatic nitrogens is 2. The van der Waals surface area contributed by atoms with Crippen LogP contribution in [0.1, 0.15) is 5.56 Å². The van der Waals surface area contributed by atoms with E-state index in [0.29, 0.717) is 30.5 Å². The minimum absolute atomic E-state index is 0.209. The van der Waals surface area contributed by atoms with E-state index in [0.717, 1.165) is 30.0 Å². The van der Waals surface area contributed by atoms with E-state index in [4.69, 9.17) is 16.3 Å². The number of anilines is 2. The van der Waals surface area contributed by atoms with Gasteiger partial charge in [-0.1, -0.05) is 29.8 Å². The smallest absolute Gasteiger partial charge is 0.321 e. The average Bonchev–Trinajstić information content (AvgIpc) is 3.23. The molecule has 1 aromatic heterocycles. The van der Waals surface area contributed by atoms with E-state index in [1.165, 1.54) is 0 Å². The van der Waals surface area contributed by atoms with Crippen molar-refractivity contribution in [3.8, 4) is 5.69 Å². The average molecular weight is 426 g/mol. The summed E-state index contributed by atoms with van der Waals surface area (Å²) in [7, 11) is 1.76. The molecule has 30 heavy (non-hydrogen) atoms. The zero-order valence-electron chi connectivity index (χ0n) is 16.8. The Balaban J connectivity index is 1.44. The van der Waals surface area contributed by atoms with Crippen molar-refractivity contribution in [1.29, 1.82) is 0 Å². The van der Waals surface area contributed by atoms with Crippen LogP contribution in [0.3, 0.4) is 0 Å². The molecule has 0 spiro atoms. The summed E-state index contributed by atoms with van der Waals surface area (Å²) in [5.41, 5.74) is 3.56. The number of ether oxygens (including phenoxy) is 1. The second-order valence-corrected chi connectivity index (χ2v) is 7.61. The normalized spacial score (nSPS) is 13.9. The highest BCUT2D eigenvalue weighted by molar-refractivity contribution is 6.31. The van der Waals surface area contributed by atoms with Gasteiger partial charge in [0.2, 0.25) is 0 Å². The molecule has 0 radical (unpaired) electrons. The lowest BCUT2D eigenvalue weighted by molar-refractivity contribution is 0.123. The van der Waals surface area contributed by atoms with E-state index in [-0.39, 0.29) is 6.03 Å². The molecule has 7 nitrogen and oxygen atoms in total. The fourth-order valence-corrected chi connectivity index (χ4v) is 3.58. The van der Waals surface area contributed by atoms with E-state index in [1.807, 2.05) is 48.7 Å². The van der Waals surface area contributed by atoms with Gasteiger partial charge in [0.15, 0.2) is 0 Å². The summed E-state index contributed by atoms with van der Waals surface area (Å²) >= 11 is 6.19. The summed E-state index contributed by atoms with van der Waals surface area (Å²) in [6, 6.07) is 15.2. The van der Waals surface area contributed by atoms with Gasteiger partial charge in [-0.15, -0.1) is 0 Å². The minimum Gasteiger partial charge on any atom is -0.378 e. The van der Waals surface area contributed by atoms with Crippen LogP contribution in [-0.2, 0) is 11.3 Å². The third-order valence-corrected chi connectivity index (χ3v) is 5.21. The van der Waals surface area contributed by atoms with Gasteiger partial charge in [-0.25, -0.2) is 9.48 Å². The molecule has 0 atom stereocenters. The van der Waals surface area contributed by atoms with E-state index >= 15 is 0 Å². The minimum atomic E-state index is -0.209. The standard InChI is InChI=1S/C22H24ClN5O2/c1-26(15-17-14-24-28(16-17)19-5-3-2-4-6-19)22(29)25-20-13-18(23)7-8-21(20)27-9-11-30-12-10-27/h2-8,13-14,16H,9-12,15H2,1H3,(H,25,29). The molecule has 1 fully saturated rings. The number of benzene rings is 2. The number of carbonyl (C=O) groups is 1. The van der Waals surface area contributed by atoms with Gasteiger partial charge < -0.3 is 19.9 Å². The maximum atomic E-state index is 12.8. The number of hydrogen-bond donors (Lipinski definition) is 1. The highest BCUT2D eigenvalue weighted by Gasteiger charge is 2.18. The lowest BCUT2D eigenvalue weighted by Crippen LogP contribution is -2.37. The summed E-state index contributed by atoms with van der Waals surface area (Å²) in [4.78, 5) is 16.7. The first-order valence-electron chi connectivity index (χ1n) is 9.83. The molecule has 2 amide bonds. The van der Waals surface area contributed by atoms with Gasteiger partial charge in [0, 0.05) is 36.9 Å². The van der Waals surface area contributed by atoms with E-state index in [9.17, 15) is 4.79 Å². The summed E-state index contributed by atoms with van der Waals surface area (Å²) in [5, 5.41) is 7.97. The van der Waals surface area contributed by atoms with Crippen molar-refractivity contribution in [2.45, 2.75) is 6.54 Å². The van der Waals surface area contributed by atoms with Crippen molar-refractivity contribution in [2.75, 3.05) is 43.6 Å². The molecule has 8 heteroatoms. The Morgan fingerprint density at radius 3 is 2.73 bits per heavy atom. The summed E-state index contributed by atoms with van der Waals surface area (Å²) in [5.74, 6) is 0. The number of para-hydroxylation sites is 1. The molecule has 1 N–H and O–H groups in total. The molecule has 0 aliphatic carbocycles. The Morgan fingerprint density at radius 1 is 1.20 bits per heavy atom. The van der Waals surface area contributed by atoms with Gasteiger partial charge in [0.05, 0.1) is 43.0 Å². The molecule has 4 rings (SSSR count). The Bertz CT molecular complexity index is 1000. The van der Waals surface area contributed by atoms with Gasteiger partial charge in [-0.3, -0.25) is 0 Å². The molecule has 2 heterocycles. The van der Waals surface area contributed by atoms with Gasteiger partial charge >= 0.3 is 6.03 Å². The fraction of sp³-hybridized carbons (Fsp3) is 0.273. The van der Waals surface area contributed by atoms with Crippen LogP contribution in [0.4, 0.5) is 16.2 Å². The summed E-state index contributed by atoms with van der Waals surface area (Å²) in [6.07, 6.45) is 3.70. The maximum Gasteiger partial charge on any atom is 0.321 e. The van der Waals surface area contributed by atoms with E-state index < -0.39 is 0 Å². The molecule has 0 bridgehead atoms. The Labute approximate surface area is 180 Å². The number of urea groups is 1. The van der Waals surface area contributed by atoms with Crippen molar-refractivity contribution in [2.24, 2.45) is 0 Å². The largest absolute Gasteiger partial charge is 0.378 e. The van der Waals surface area contributed by atoms with Crippen LogP contribution in [0, 0.1) is 0 Å². The zero-order valence-corrected chi connectivity index (χ0v) is 17.5. The highest BCUT2D eigenvalue weighted by atomic mass is 35.5. The third-order valence-electron chi connectivity index (χ3n) is 4.98.